The Hall–Kier alpha value is -0.610. The predicted octanol–water partition coefficient (Wildman–Crippen LogP) is 2.06. The van der Waals surface area contributed by atoms with Crippen LogP contribution in [0.15, 0.2) is 0 Å². The second-order valence-electron chi connectivity index (χ2n) is 9.94. The number of carbonyl (C=O) groups is 1. The molecule has 1 saturated heterocycles. The minimum atomic E-state index is -0.424. The summed E-state index contributed by atoms with van der Waals surface area (Å²) in [5, 5.41) is 17.8. The molecule has 4 N–H and O–H groups in total. The molecule has 26 heavy (non-hydrogen) atoms. The van der Waals surface area contributed by atoms with Crippen LogP contribution in [-0.4, -0.2) is 41.9 Å². The first-order valence-corrected chi connectivity index (χ1v) is 11.1. The van der Waals surface area contributed by atoms with Gasteiger partial charge in [-0.15, -0.1) is 0 Å². The zero-order valence-electron chi connectivity index (χ0n) is 17.0. The summed E-state index contributed by atoms with van der Waals surface area (Å²) >= 11 is 0. The highest BCUT2D eigenvalue weighted by atomic mass is 16.4. The molecule has 2 aliphatic carbocycles. The molecule has 2 saturated carbocycles. The maximum Gasteiger partial charge on any atom is 0.521 e. The van der Waals surface area contributed by atoms with Gasteiger partial charge in [0, 0.05) is 17.1 Å². The molecule has 3 aliphatic rings. The van der Waals surface area contributed by atoms with Gasteiger partial charge < -0.3 is 15.1 Å². The van der Waals surface area contributed by atoms with E-state index in [0.29, 0.717) is 23.2 Å². The van der Waals surface area contributed by atoms with Crippen LogP contribution >= 0.6 is 0 Å². The third-order valence-electron chi connectivity index (χ3n) is 8.67. The topological polar surface area (TPSA) is 64.6 Å². The van der Waals surface area contributed by atoms with Gasteiger partial charge in [0.2, 0.25) is 0 Å². The van der Waals surface area contributed by atoms with Crippen LogP contribution in [0.5, 0.6) is 0 Å². The number of likely N-dealkylation sites (tertiary alicyclic amines) is 1. The molecule has 4 nitrogen and oxygen atoms in total. The van der Waals surface area contributed by atoms with Gasteiger partial charge in [-0.2, -0.15) is 0 Å². The second-order valence-corrected chi connectivity index (χ2v) is 9.94. The van der Waals surface area contributed by atoms with E-state index in [1.807, 2.05) is 0 Å². The molecule has 0 radical (unpaired) electrons. The molecule has 0 aromatic heterocycles. The molecule has 5 unspecified atom stereocenters. The molecule has 5 atom stereocenters. The van der Waals surface area contributed by atoms with E-state index in [0.717, 1.165) is 38.4 Å². The Morgan fingerprint density at radius 1 is 1.15 bits per heavy atom. The Kier molecular flexibility index (Phi) is 6.33. The van der Waals surface area contributed by atoms with Crippen molar-refractivity contribution in [2.24, 2.45) is 22.7 Å². The van der Waals surface area contributed by atoms with Crippen molar-refractivity contribution in [3.05, 3.63) is 0 Å². The average molecular weight is 368 g/mol. The molecule has 1 heterocycles. The highest BCUT2D eigenvalue weighted by molar-refractivity contribution is 5.66. The number of carbonyl (C=O) groups excluding carboxylic acids is 1. The number of hydrogen-bond donors (Lipinski definition) is 2. The summed E-state index contributed by atoms with van der Waals surface area (Å²) in [6.07, 6.45) is 12.8. The zero-order valence-corrected chi connectivity index (χ0v) is 17.0. The van der Waals surface area contributed by atoms with E-state index in [1.165, 1.54) is 56.3 Å². The van der Waals surface area contributed by atoms with Gasteiger partial charge in [-0.3, -0.25) is 0 Å². The third kappa shape index (κ3) is 3.82. The Morgan fingerprint density at radius 3 is 2.50 bits per heavy atom. The summed E-state index contributed by atoms with van der Waals surface area (Å²) in [5.41, 5.74) is 0.603. The van der Waals surface area contributed by atoms with E-state index in [1.54, 1.807) is 0 Å². The number of aliphatic hydroxyl groups is 1. The Labute approximate surface area is 159 Å². The summed E-state index contributed by atoms with van der Waals surface area (Å²) in [6.45, 7) is 8.03. The summed E-state index contributed by atoms with van der Waals surface area (Å²) in [4.78, 5) is 12.6. The number of hydrogen-bond acceptors (Lipinski definition) is 2. The van der Waals surface area contributed by atoms with E-state index in [-0.39, 0.29) is 6.10 Å². The molecule has 0 aromatic carbocycles. The van der Waals surface area contributed by atoms with Gasteiger partial charge in [-0.1, -0.05) is 39.5 Å². The number of quaternary nitrogens is 1. The Morgan fingerprint density at radius 2 is 1.88 bits per heavy atom. The monoisotopic (exact) mass is 367 g/mol. The first-order chi connectivity index (χ1) is 12.4. The lowest BCUT2D eigenvalue weighted by atomic mass is 9.45. The van der Waals surface area contributed by atoms with Crippen LogP contribution < -0.4 is 4.90 Å². The molecule has 150 valence electrons. The SMILES string of the molecule is CC1C[NH+](CCC(=O)[OH2+])CCC1(C)C1(C2CCCCC2)CCCC(O)C1. The first kappa shape index (κ1) is 20.1. The summed E-state index contributed by atoms with van der Waals surface area (Å²) in [7, 11) is 0. The molecular formula is C22H41NO3+2. The molecule has 0 amide bonds. The lowest BCUT2D eigenvalue weighted by molar-refractivity contribution is -0.911. The van der Waals surface area contributed by atoms with Gasteiger partial charge in [-0.25, -0.2) is 0 Å². The summed E-state index contributed by atoms with van der Waals surface area (Å²) < 4.78 is 0. The summed E-state index contributed by atoms with van der Waals surface area (Å²) in [5.74, 6) is 0.974. The average Bonchev–Trinajstić information content (AvgIpc) is 2.63. The van der Waals surface area contributed by atoms with E-state index in [9.17, 15) is 9.90 Å². The zero-order chi connectivity index (χ0) is 18.8. The van der Waals surface area contributed by atoms with Crippen molar-refractivity contribution < 1.29 is 19.9 Å². The Bertz CT molecular complexity index is 490. The summed E-state index contributed by atoms with van der Waals surface area (Å²) in [6, 6.07) is 0. The van der Waals surface area contributed by atoms with Crippen LogP contribution in [0.25, 0.3) is 0 Å². The fraction of sp³-hybridized carbons (Fsp3) is 0.955. The number of nitrogens with one attached hydrogen (secondary N) is 1. The van der Waals surface area contributed by atoms with Gasteiger partial charge in [0.1, 0.15) is 0 Å². The lowest BCUT2D eigenvalue weighted by Gasteiger charge is -2.61. The van der Waals surface area contributed by atoms with Crippen molar-refractivity contribution in [3.8, 4) is 0 Å². The van der Waals surface area contributed by atoms with Gasteiger partial charge in [0.05, 0.1) is 25.7 Å². The molecule has 1 aliphatic heterocycles. The van der Waals surface area contributed by atoms with Crippen molar-refractivity contribution in [2.45, 2.75) is 90.6 Å². The van der Waals surface area contributed by atoms with Crippen molar-refractivity contribution in [2.75, 3.05) is 19.6 Å². The minimum absolute atomic E-state index is 0.110. The maximum absolute atomic E-state index is 11.1. The minimum Gasteiger partial charge on any atom is -0.565 e. The van der Waals surface area contributed by atoms with E-state index in [2.05, 4.69) is 13.8 Å². The molecule has 3 rings (SSSR count). The molecule has 4 heteroatoms. The van der Waals surface area contributed by atoms with Gasteiger partial charge in [0.15, 0.2) is 6.42 Å². The molecular weight excluding hydrogens is 326 g/mol. The second kappa shape index (κ2) is 8.18. The standard InChI is InChI=1S/C22H39NO3/c1-17-16-23(13-10-20(25)26)14-12-21(17,2)22(11-6-9-19(24)15-22)18-7-4-3-5-8-18/h17-19,24H,3-16H2,1-2H3,(H,25,26)/p+2. The van der Waals surface area contributed by atoms with Crippen LogP contribution in [0, 0.1) is 22.7 Å². The Balaban J connectivity index is 1.80. The van der Waals surface area contributed by atoms with Crippen LogP contribution in [0.1, 0.15) is 84.5 Å². The normalized spacial score (nSPS) is 42.5. The fourth-order valence-corrected chi connectivity index (χ4v) is 6.99. The largest absolute Gasteiger partial charge is 0.565 e. The van der Waals surface area contributed by atoms with Crippen LogP contribution in [0.3, 0.4) is 0 Å². The molecule has 0 aromatic rings. The maximum atomic E-state index is 11.1. The van der Waals surface area contributed by atoms with E-state index in [4.69, 9.17) is 5.11 Å². The predicted molar refractivity (Wildman–Crippen MR) is 104 cm³/mol. The number of aliphatic hydroxyl groups excluding tert-OH is 1. The van der Waals surface area contributed by atoms with Crippen molar-refractivity contribution >= 4 is 5.97 Å². The molecule has 3 fully saturated rings. The molecule has 0 bridgehead atoms. The van der Waals surface area contributed by atoms with Gasteiger partial charge in [-0.05, 0) is 48.9 Å². The van der Waals surface area contributed by atoms with Crippen molar-refractivity contribution in [3.63, 3.8) is 0 Å². The highest BCUT2D eigenvalue weighted by Crippen LogP contribution is 2.62. The van der Waals surface area contributed by atoms with Crippen LogP contribution in [0.4, 0.5) is 0 Å². The number of rotatable bonds is 5. The fourth-order valence-electron chi connectivity index (χ4n) is 6.99. The van der Waals surface area contributed by atoms with Crippen molar-refractivity contribution in [1.29, 1.82) is 0 Å². The quantitative estimate of drug-likeness (QED) is 0.731. The van der Waals surface area contributed by atoms with Crippen LogP contribution in [0.2, 0.25) is 0 Å². The van der Waals surface area contributed by atoms with Gasteiger partial charge >= 0.3 is 5.97 Å². The smallest absolute Gasteiger partial charge is 0.521 e. The van der Waals surface area contributed by atoms with E-state index >= 15 is 0 Å². The lowest BCUT2D eigenvalue weighted by Crippen LogP contribution is -3.14. The molecule has 0 spiro atoms. The van der Waals surface area contributed by atoms with Gasteiger partial charge in [0.25, 0.3) is 0 Å². The van der Waals surface area contributed by atoms with Crippen LogP contribution in [-0.2, 0) is 4.79 Å². The third-order valence-corrected chi connectivity index (χ3v) is 8.67. The van der Waals surface area contributed by atoms with E-state index < -0.39 is 5.97 Å². The highest BCUT2D eigenvalue weighted by Gasteiger charge is 2.58. The first-order valence-electron chi connectivity index (χ1n) is 11.1. The van der Waals surface area contributed by atoms with Crippen molar-refractivity contribution in [1.82, 2.24) is 0 Å². The number of piperidine rings is 1.